The number of benzene rings is 1. The van der Waals surface area contributed by atoms with Gasteiger partial charge in [0.05, 0.1) is 5.57 Å². The number of hydrogen-bond donors (Lipinski definition) is 3. The number of halogens is 2. The number of thiazole rings is 1. The first kappa shape index (κ1) is 20.0. The molecule has 1 atom stereocenters. The lowest BCUT2D eigenvalue weighted by Gasteiger charge is -2.34. The lowest BCUT2D eigenvalue weighted by Crippen LogP contribution is -2.38. The van der Waals surface area contributed by atoms with Crippen molar-refractivity contribution in [2.45, 2.75) is 37.8 Å². The smallest absolute Gasteiger partial charge is 0.335 e. The van der Waals surface area contributed by atoms with Crippen molar-refractivity contribution < 1.29 is 14.3 Å². The van der Waals surface area contributed by atoms with Crippen molar-refractivity contribution in [1.29, 1.82) is 0 Å². The predicted octanol–water partition coefficient (Wildman–Crippen LogP) is 3.88. The summed E-state index contributed by atoms with van der Waals surface area (Å²) < 4.78 is 13.6. The van der Waals surface area contributed by atoms with Gasteiger partial charge in [0.1, 0.15) is 11.9 Å². The fraction of sp³-hybridized carbons (Fsp3) is 0.350. The van der Waals surface area contributed by atoms with E-state index in [1.54, 1.807) is 6.20 Å². The zero-order valence-corrected chi connectivity index (χ0v) is 17.0. The molecule has 9 heteroatoms. The number of nitrogens with one attached hydrogen (secondary N) is 1. The van der Waals surface area contributed by atoms with Gasteiger partial charge in [-0.2, -0.15) is 0 Å². The molecule has 2 aromatic rings. The zero-order chi connectivity index (χ0) is 20.5. The minimum Gasteiger partial charge on any atom is -0.478 e. The molecule has 6 nitrogen and oxygen atoms in total. The molecule has 152 valence electrons. The van der Waals surface area contributed by atoms with Crippen LogP contribution in [0.2, 0.25) is 5.02 Å². The number of nitrogens with zero attached hydrogens (tertiary/aromatic N) is 2. The lowest BCUT2D eigenvalue weighted by molar-refractivity contribution is -0.133. The van der Waals surface area contributed by atoms with Gasteiger partial charge in [-0.15, -0.1) is 11.3 Å². The monoisotopic (exact) mass is 434 g/mol. The Balaban J connectivity index is 1.84. The Morgan fingerprint density at radius 3 is 2.69 bits per heavy atom. The van der Waals surface area contributed by atoms with E-state index >= 15 is 0 Å². The van der Waals surface area contributed by atoms with Gasteiger partial charge in [0.2, 0.25) is 0 Å². The molecule has 1 aromatic carbocycles. The summed E-state index contributed by atoms with van der Waals surface area (Å²) in [5.41, 5.74) is 7.25. The molecule has 0 bridgehead atoms. The molecule has 1 saturated carbocycles. The van der Waals surface area contributed by atoms with E-state index in [2.05, 4.69) is 15.3 Å². The maximum Gasteiger partial charge on any atom is 0.335 e. The third kappa shape index (κ3) is 4.05. The van der Waals surface area contributed by atoms with E-state index in [0.29, 0.717) is 22.1 Å². The number of aromatic nitrogens is 1. The first-order valence-electron chi connectivity index (χ1n) is 9.36. The van der Waals surface area contributed by atoms with Crippen molar-refractivity contribution in [3.63, 3.8) is 0 Å². The molecule has 1 fully saturated rings. The summed E-state index contributed by atoms with van der Waals surface area (Å²) in [7, 11) is 0. The van der Waals surface area contributed by atoms with Crippen LogP contribution in [0.25, 0.3) is 0 Å². The van der Waals surface area contributed by atoms with Crippen molar-refractivity contribution >= 4 is 34.7 Å². The summed E-state index contributed by atoms with van der Waals surface area (Å²) in [5.74, 6) is -1.04. The molecule has 2 heterocycles. The third-order valence-corrected chi connectivity index (χ3v) is 6.48. The lowest BCUT2D eigenvalue weighted by atomic mass is 9.80. The number of carboxylic acids is 1. The highest BCUT2D eigenvalue weighted by molar-refractivity contribution is 7.11. The number of amidine groups is 1. The van der Waals surface area contributed by atoms with Gasteiger partial charge in [-0.25, -0.2) is 14.2 Å². The number of carboxylic acid groups (broad SMARTS) is 1. The summed E-state index contributed by atoms with van der Waals surface area (Å²) in [5, 5.41) is 15.9. The first-order chi connectivity index (χ1) is 13.9. The molecule has 1 aliphatic carbocycles. The molecule has 4 rings (SSSR count). The van der Waals surface area contributed by atoms with Crippen LogP contribution in [0.3, 0.4) is 0 Å². The quantitative estimate of drug-likeness (QED) is 0.677. The van der Waals surface area contributed by atoms with E-state index in [9.17, 15) is 14.3 Å². The van der Waals surface area contributed by atoms with Crippen molar-refractivity contribution in [2.75, 3.05) is 0 Å². The van der Waals surface area contributed by atoms with E-state index in [0.717, 1.165) is 25.7 Å². The van der Waals surface area contributed by atoms with Gasteiger partial charge in [-0.3, -0.25) is 4.99 Å². The van der Waals surface area contributed by atoms with Gasteiger partial charge in [0.15, 0.2) is 10.8 Å². The Morgan fingerprint density at radius 1 is 1.31 bits per heavy atom. The summed E-state index contributed by atoms with van der Waals surface area (Å²) in [6.45, 7) is 0. The molecule has 0 saturated heterocycles. The van der Waals surface area contributed by atoms with E-state index < -0.39 is 17.8 Å². The Labute approximate surface area is 176 Å². The number of hydrogen-bond acceptors (Lipinski definition) is 6. The van der Waals surface area contributed by atoms with Gasteiger partial charge in [0.25, 0.3) is 0 Å². The van der Waals surface area contributed by atoms with E-state index in [1.165, 1.54) is 29.5 Å². The molecule has 0 spiro atoms. The molecule has 29 heavy (non-hydrogen) atoms. The molecule has 1 aromatic heterocycles. The third-order valence-electron chi connectivity index (χ3n) is 5.38. The molecule has 2 aliphatic rings. The Morgan fingerprint density at radius 2 is 2.07 bits per heavy atom. The molecule has 0 radical (unpaired) electrons. The van der Waals surface area contributed by atoms with Crippen LogP contribution in [0.4, 0.5) is 4.39 Å². The Kier molecular flexibility index (Phi) is 5.67. The largest absolute Gasteiger partial charge is 0.478 e. The molecule has 1 aliphatic heterocycles. The van der Waals surface area contributed by atoms with Crippen molar-refractivity contribution in [3.05, 3.63) is 62.5 Å². The maximum absolute atomic E-state index is 13.6. The predicted molar refractivity (Wildman–Crippen MR) is 111 cm³/mol. The van der Waals surface area contributed by atoms with Gasteiger partial charge in [-0.05, 0) is 43.7 Å². The second-order valence-electron chi connectivity index (χ2n) is 7.25. The van der Waals surface area contributed by atoms with Crippen LogP contribution in [0.5, 0.6) is 0 Å². The highest BCUT2D eigenvalue weighted by Crippen LogP contribution is 2.40. The van der Waals surface area contributed by atoms with Crippen LogP contribution >= 0.6 is 22.9 Å². The Bertz CT molecular complexity index is 984. The van der Waals surface area contributed by atoms with Crippen molar-refractivity contribution in [2.24, 2.45) is 16.6 Å². The van der Waals surface area contributed by atoms with Crippen LogP contribution < -0.4 is 11.1 Å². The van der Waals surface area contributed by atoms with E-state index in [1.807, 2.05) is 5.38 Å². The second-order valence-corrected chi connectivity index (χ2v) is 8.55. The van der Waals surface area contributed by atoms with Gasteiger partial charge < -0.3 is 16.2 Å². The molecular formula is C20H20ClFN4O2S. The van der Waals surface area contributed by atoms with Crippen LogP contribution in [0, 0.1) is 11.7 Å². The number of carbonyl (C=O) groups is 1. The van der Waals surface area contributed by atoms with Crippen LogP contribution in [0.1, 0.15) is 42.3 Å². The maximum atomic E-state index is 13.6. The van der Waals surface area contributed by atoms with Crippen LogP contribution in [0.15, 0.2) is 46.0 Å². The standard InChI is InChI=1S/C20H20ClFN4O2S/c21-14-9-11(22)3-6-13(14)17-15(20(27)28)16(10-1-4-12(23)5-2-10)25-18(26-17)19-24-7-8-29-19/h3,6-10,12,17H,1-2,4-5,23H2,(H,25,26)(H,27,28). The topological polar surface area (TPSA) is 101 Å². The van der Waals surface area contributed by atoms with E-state index in [4.69, 9.17) is 17.3 Å². The molecular weight excluding hydrogens is 415 g/mol. The average Bonchev–Trinajstić information content (AvgIpc) is 3.22. The summed E-state index contributed by atoms with van der Waals surface area (Å²) in [6, 6.07) is 3.22. The normalized spacial score (nSPS) is 24.8. The Hall–Kier alpha value is -2.29. The number of allylic oxidation sites excluding steroid dienone is 1. The van der Waals surface area contributed by atoms with E-state index in [-0.39, 0.29) is 22.6 Å². The number of aliphatic carboxylic acids is 1. The van der Waals surface area contributed by atoms with Gasteiger partial charge in [-0.1, -0.05) is 17.7 Å². The highest BCUT2D eigenvalue weighted by atomic mass is 35.5. The summed E-state index contributed by atoms with van der Waals surface area (Å²) in [4.78, 5) is 21.2. The average molecular weight is 435 g/mol. The minimum atomic E-state index is -1.07. The fourth-order valence-corrected chi connectivity index (χ4v) is 4.79. The van der Waals surface area contributed by atoms with Crippen molar-refractivity contribution in [1.82, 2.24) is 10.3 Å². The molecule has 1 unspecified atom stereocenters. The molecule has 0 amide bonds. The van der Waals surface area contributed by atoms with Crippen molar-refractivity contribution in [3.8, 4) is 0 Å². The second kappa shape index (κ2) is 8.22. The summed E-state index contributed by atoms with van der Waals surface area (Å²) in [6.07, 6.45) is 4.90. The van der Waals surface area contributed by atoms with Crippen LogP contribution in [-0.2, 0) is 4.79 Å². The van der Waals surface area contributed by atoms with Gasteiger partial charge >= 0.3 is 5.97 Å². The van der Waals surface area contributed by atoms with Gasteiger partial charge in [0, 0.05) is 33.9 Å². The number of rotatable bonds is 4. The number of nitrogens with two attached hydrogens (primary N) is 1. The fourth-order valence-electron chi connectivity index (χ4n) is 3.93. The highest BCUT2D eigenvalue weighted by Gasteiger charge is 2.36. The first-order valence-corrected chi connectivity index (χ1v) is 10.6. The summed E-state index contributed by atoms with van der Waals surface area (Å²) >= 11 is 7.69. The minimum absolute atomic E-state index is 0.0214. The SMILES string of the molecule is NC1CCC(C2=C(C(=O)O)C(c3ccc(F)cc3Cl)N=C(c3nccs3)N2)CC1. The van der Waals surface area contributed by atoms with Crippen LogP contribution in [-0.4, -0.2) is 27.9 Å². The zero-order valence-electron chi connectivity index (χ0n) is 15.4. The molecule has 4 N–H and O–H groups in total. The number of aliphatic imine (C=N–C) groups is 1.